The highest BCUT2D eigenvalue weighted by Gasteiger charge is 2.09. The summed E-state index contributed by atoms with van der Waals surface area (Å²) in [5, 5.41) is 5.35. The first-order valence-electron chi connectivity index (χ1n) is 6.61. The lowest BCUT2D eigenvalue weighted by Crippen LogP contribution is -2.09. The monoisotopic (exact) mass is 264 g/mol. The van der Waals surface area contributed by atoms with Gasteiger partial charge in [-0.2, -0.15) is 0 Å². The summed E-state index contributed by atoms with van der Waals surface area (Å²) in [6, 6.07) is 12.2. The van der Waals surface area contributed by atoms with Gasteiger partial charge in [0.25, 0.3) is 0 Å². The van der Waals surface area contributed by atoms with E-state index in [9.17, 15) is 0 Å². The van der Waals surface area contributed by atoms with Gasteiger partial charge in [-0.25, -0.2) is 9.97 Å². The molecule has 0 amide bonds. The normalized spacial score (nSPS) is 10.9. The molecule has 20 heavy (non-hydrogen) atoms. The Hall–Kier alpha value is -2.33. The lowest BCUT2D eigenvalue weighted by Gasteiger charge is -2.07. The first-order chi connectivity index (χ1) is 9.78. The van der Waals surface area contributed by atoms with E-state index in [1.165, 1.54) is 0 Å². The van der Waals surface area contributed by atoms with Crippen LogP contribution >= 0.6 is 0 Å². The molecule has 0 radical (unpaired) electrons. The number of nitrogens with zero attached hydrogens (tertiary/aromatic N) is 3. The van der Waals surface area contributed by atoms with Crippen molar-refractivity contribution in [1.82, 2.24) is 20.3 Å². The fourth-order valence-electron chi connectivity index (χ4n) is 2.31. The van der Waals surface area contributed by atoms with Crippen LogP contribution in [0.2, 0.25) is 0 Å². The number of aromatic nitrogens is 3. The highest BCUT2D eigenvalue weighted by molar-refractivity contribution is 5.92. The largest absolute Gasteiger partial charge is 0.314 e. The van der Waals surface area contributed by atoms with Gasteiger partial charge in [0.2, 0.25) is 0 Å². The summed E-state index contributed by atoms with van der Waals surface area (Å²) in [5.41, 5.74) is 2.77. The summed E-state index contributed by atoms with van der Waals surface area (Å²) in [5.74, 6) is 0.687. The molecular formula is C16H16N4. The quantitative estimate of drug-likeness (QED) is 0.790. The molecule has 2 heterocycles. The summed E-state index contributed by atoms with van der Waals surface area (Å²) in [6.45, 7) is 2.70. The van der Waals surface area contributed by atoms with Gasteiger partial charge in [-0.1, -0.05) is 24.3 Å². The maximum atomic E-state index is 4.61. The van der Waals surface area contributed by atoms with E-state index < -0.39 is 0 Å². The number of rotatable bonds is 3. The van der Waals surface area contributed by atoms with Crippen LogP contribution in [0.25, 0.3) is 22.3 Å². The molecule has 0 saturated carbocycles. The number of aryl methyl sites for hydroxylation is 1. The van der Waals surface area contributed by atoms with Gasteiger partial charge in [0.15, 0.2) is 5.82 Å². The molecule has 100 valence electrons. The van der Waals surface area contributed by atoms with Crippen LogP contribution in [-0.2, 0) is 6.54 Å². The van der Waals surface area contributed by atoms with Crippen molar-refractivity contribution < 1.29 is 0 Å². The lowest BCUT2D eigenvalue weighted by molar-refractivity contribution is 0.784. The van der Waals surface area contributed by atoms with Crippen LogP contribution in [0.4, 0.5) is 0 Å². The lowest BCUT2D eigenvalue weighted by atomic mass is 10.1. The third-order valence-corrected chi connectivity index (χ3v) is 3.15. The van der Waals surface area contributed by atoms with Crippen LogP contribution in [0.15, 0.2) is 42.6 Å². The summed E-state index contributed by atoms with van der Waals surface area (Å²) in [7, 11) is 1.91. The summed E-state index contributed by atoms with van der Waals surface area (Å²) in [4.78, 5) is 13.6. The highest BCUT2D eigenvalue weighted by atomic mass is 14.9. The van der Waals surface area contributed by atoms with Crippen molar-refractivity contribution in [3.63, 3.8) is 0 Å². The van der Waals surface area contributed by atoms with E-state index in [2.05, 4.69) is 32.4 Å². The molecule has 0 unspecified atom stereocenters. The van der Waals surface area contributed by atoms with Crippen LogP contribution in [0.5, 0.6) is 0 Å². The minimum atomic E-state index is 0.687. The SMILES string of the molecule is CNCc1cc(C)nc(-c2nccc3ccccc23)n1. The molecule has 2 aromatic heterocycles. The summed E-state index contributed by atoms with van der Waals surface area (Å²) >= 11 is 0. The van der Waals surface area contributed by atoms with E-state index in [-0.39, 0.29) is 0 Å². The third kappa shape index (κ3) is 2.38. The fraction of sp³-hybridized carbons (Fsp3) is 0.188. The Morgan fingerprint density at radius 3 is 2.80 bits per heavy atom. The van der Waals surface area contributed by atoms with Gasteiger partial charge in [-0.05, 0) is 31.5 Å². The topological polar surface area (TPSA) is 50.7 Å². The molecule has 4 nitrogen and oxygen atoms in total. The summed E-state index contributed by atoms with van der Waals surface area (Å²) < 4.78 is 0. The Balaban J connectivity index is 2.20. The maximum absolute atomic E-state index is 4.61. The van der Waals surface area contributed by atoms with Crippen molar-refractivity contribution in [2.24, 2.45) is 0 Å². The molecule has 1 N–H and O–H groups in total. The molecule has 1 aromatic carbocycles. The molecule has 0 fully saturated rings. The second-order valence-corrected chi connectivity index (χ2v) is 4.74. The molecule has 0 spiro atoms. The molecular weight excluding hydrogens is 248 g/mol. The second-order valence-electron chi connectivity index (χ2n) is 4.74. The van der Waals surface area contributed by atoms with Gasteiger partial charge in [-0.3, -0.25) is 4.98 Å². The number of nitrogens with one attached hydrogen (secondary N) is 1. The van der Waals surface area contributed by atoms with E-state index in [4.69, 9.17) is 0 Å². The predicted molar refractivity (Wildman–Crippen MR) is 80.3 cm³/mol. The molecule has 0 bridgehead atoms. The van der Waals surface area contributed by atoms with E-state index in [1.807, 2.05) is 38.2 Å². The van der Waals surface area contributed by atoms with Gasteiger partial charge in [0.05, 0.1) is 5.69 Å². The molecule has 0 aliphatic rings. The van der Waals surface area contributed by atoms with E-state index in [0.29, 0.717) is 5.82 Å². The smallest absolute Gasteiger partial charge is 0.179 e. The Kier molecular flexibility index (Phi) is 3.39. The highest BCUT2D eigenvalue weighted by Crippen LogP contribution is 2.24. The predicted octanol–water partition coefficient (Wildman–Crippen LogP) is 2.72. The molecule has 0 atom stereocenters. The Bertz CT molecular complexity index is 747. The van der Waals surface area contributed by atoms with Gasteiger partial charge in [0, 0.05) is 23.8 Å². The Morgan fingerprint density at radius 2 is 1.95 bits per heavy atom. The van der Waals surface area contributed by atoms with Crippen LogP contribution in [0.3, 0.4) is 0 Å². The number of fused-ring (bicyclic) bond motifs is 1. The minimum absolute atomic E-state index is 0.687. The minimum Gasteiger partial charge on any atom is -0.314 e. The van der Waals surface area contributed by atoms with E-state index >= 15 is 0 Å². The number of benzene rings is 1. The third-order valence-electron chi connectivity index (χ3n) is 3.15. The van der Waals surface area contributed by atoms with Crippen molar-refractivity contribution in [3.8, 4) is 11.5 Å². The van der Waals surface area contributed by atoms with E-state index in [1.54, 1.807) is 6.20 Å². The fourth-order valence-corrected chi connectivity index (χ4v) is 2.31. The van der Waals surface area contributed by atoms with Gasteiger partial charge >= 0.3 is 0 Å². The molecule has 3 rings (SSSR count). The average Bonchev–Trinajstić information content (AvgIpc) is 2.46. The Labute approximate surface area is 117 Å². The first-order valence-corrected chi connectivity index (χ1v) is 6.61. The average molecular weight is 264 g/mol. The van der Waals surface area contributed by atoms with Gasteiger partial charge in [0.1, 0.15) is 5.69 Å². The maximum Gasteiger partial charge on any atom is 0.179 e. The molecule has 4 heteroatoms. The van der Waals surface area contributed by atoms with Crippen LogP contribution in [0.1, 0.15) is 11.4 Å². The zero-order chi connectivity index (χ0) is 13.9. The van der Waals surface area contributed by atoms with Crippen molar-refractivity contribution in [2.75, 3.05) is 7.05 Å². The summed E-state index contributed by atoms with van der Waals surface area (Å²) in [6.07, 6.45) is 1.81. The van der Waals surface area contributed by atoms with Crippen LogP contribution in [0, 0.1) is 6.92 Å². The second kappa shape index (κ2) is 5.35. The van der Waals surface area contributed by atoms with Crippen molar-refractivity contribution >= 4 is 10.8 Å². The van der Waals surface area contributed by atoms with Crippen LogP contribution in [-0.4, -0.2) is 22.0 Å². The van der Waals surface area contributed by atoms with Gasteiger partial charge in [-0.15, -0.1) is 0 Å². The molecule has 0 saturated heterocycles. The van der Waals surface area contributed by atoms with Gasteiger partial charge < -0.3 is 5.32 Å². The Morgan fingerprint density at radius 1 is 1.10 bits per heavy atom. The molecule has 3 aromatic rings. The van der Waals surface area contributed by atoms with Crippen LogP contribution < -0.4 is 5.32 Å². The van der Waals surface area contributed by atoms with Crippen molar-refractivity contribution in [3.05, 3.63) is 54.0 Å². The zero-order valence-corrected chi connectivity index (χ0v) is 11.6. The number of hydrogen-bond acceptors (Lipinski definition) is 4. The zero-order valence-electron chi connectivity index (χ0n) is 11.6. The van der Waals surface area contributed by atoms with E-state index in [0.717, 1.165) is 34.4 Å². The van der Waals surface area contributed by atoms with Crippen molar-refractivity contribution in [1.29, 1.82) is 0 Å². The standard InChI is InChI=1S/C16H16N4/c1-11-9-13(10-17-2)20-16(19-11)15-14-6-4-3-5-12(14)7-8-18-15/h3-9,17H,10H2,1-2H3. The molecule has 0 aliphatic carbocycles. The first kappa shape index (κ1) is 12.7. The van der Waals surface area contributed by atoms with Crippen molar-refractivity contribution in [2.45, 2.75) is 13.5 Å². The molecule has 0 aliphatic heterocycles. The number of pyridine rings is 1. The number of hydrogen-bond donors (Lipinski definition) is 1.